The van der Waals surface area contributed by atoms with E-state index in [4.69, 9.17) is 67.1 Å². The summed E-state index contributed by atoms with van der Waals surface area (Å²) < 4.78 is 87.3. The maximum atomic E-state index is 12.9. The minimum Gasteiger partial charge on any atom is -0.497 e. The first-order chi connectivity index (χ1) is 60.2. The summed E-state index contributed by atoms with van der Waals surface area (Å²) in [5.41, 5.74) is 48.6. The Bertz CT molecular complexity index is 5490. The van der Waals surface area contributed by atoms with Crippen LogP contribution in [-0.4, -0.2) is 74.0 Å². The van der Waals surface area contributed by atoms with E-state index >= 15 is 0 Å². The minimum atomic E-state index is -4.37. The van der Waals surface area contributed by atoms with Gasteiger partial charge < -0.3 is 43.9 Å². The van der Waals surface area contributed by atoms with Crippen LogP contribution in [0.1, 0.15) is 180 Å². The number of nitrogen functional groups attached to an aromatic ring is 6. The van der Waals surface area contributed by atoms with Gasteiger partial charge in [0.2, 0.25) is 35.7 Å². The molecule has 12 N–H and O–H groups in total. The first kappa shape index (κ1) is 91.1. The van der Waals surface area contributed by atoms with E-state index in [0.29, 0.717) is 58.1 Å². The molecule has 6 heterocycles. The number of halogens is 8. The zero-order chi connectivity index (χ0) is 88.0. The Balaban J connectivity index is 0.000000129. The van der Waals surface area contributed by atoms with E-state index < -0.39 is 23.5 Å². The third-order valence-corrected chi connectivity index (χ3v) is 24.4. The van der Waals surface area contributed by atoms with E-state index in [2.05, 4.69) is 78.0 Å². The number of hydrogen-bond acceptors (Lipinski definition) is 20. The molecule has 0 atom stereocenters. The SMILES string of the molecule is COc1ccc(-c2cc(CC3CCC3)nc(N)n2)cc1.COc1ccc(-c2cc(CC3CCCC3)nc(N)n2)cc1.Nc1nc(CC2CCC2)cc(-c2ccc(Cl)cc2)n1.Nc1nc(CC2CCC2)cc(-c2cccc(C(F)(F)F)c2)n1.Nc1nc(CC2CCCC2)cc(-c2ccc(Cl)cc2)n1.Nc1nc(CC2CCCC2)cc(-c2cccc(C(F)(F)F)c2)n1. The van der Waals surface area contributed by atoms with Crippen molar-refractivity contribution in [3.63, 3.8) is 0 Å². The van der Waals surface area contributed by atoms with Crippen LogP contribution in [0.25, 0.3) is 67.5 Å². The van der Waals surface area contributed by atoms with Crippen LogP contribution in [0, 0.1) is 35.5 Å². The Morgan fingerprint density at radius 3 is 0.656 bits per heavy atom. The molecule has 0 aliphatic heterocycles. The molecular weight excluding hydrogens is 1630 g/mol. The van der Waals surface area contributed by atoms with Crippen molar-refractivity contribution in [2.75, 3.05) is 48.6 Å². The second-order valence-corrected chi connectivity index (χ2v) is 34.2. The highest BCUT2D eigenvalue weighted by Gasteiger charge is 2.33. The molecular formula is C97H108Cl2F6N18O2. The van der Waals surface area contributed by atoms with Gasteiger partial charge in [0, 0.05) is 77.6 Å². The van der Waals surface area contributed by atoms with Crippen LogP contribution < -0.4 is 43.9 Å². The van der Waals surface area contributed by atoms with E-state index in [-0.39, 0.29) is 11.9 Å². The lowest BCUT2D eigenvalue weighted by Gasteiger charge is -2.24. The van der Waals surface area contributed by atoms with Crippen molar-refractivity contribution < 1.29 is 35.8 Å². The van der Waals surface area contributed by atoms with Gasteiger partial charge in [0.05, 0.1) is 59.5 Å². The van der Waals surface area contributed by atoms with Crippen LogP contribution >= 0.6 is 23.2 Å². The smallest absolute Gasteiger partial charge is 0.416 e. The Hall–Kier alpha value is -11.6. The van der Waals surface area contributed by atoms with Gasteiger partial charge in [-0.25, -0.2) is 59.8 Å². The van der Waals surface area contributed by atoms with Crippen molar-refractivity contribution >= 4 is 58.9 Å². The Morgan fingerprint density at radius 1 is 0.264 bits per heavy atom. The van der Waals surface area contributed by atoms with Gasteiger partial charge in [0.25, 0.3) is 0 Å². The third-order valence-electron chi connectivity index (χ3n) is 23.9. The summed E-state index contributed by atoms with van der Waals surface area (Å²) in [6.07, 6.45) is 23.8. The maximum Gasteiger partial charge on any atom is 0.416 e. The Kier molecular flexibility index (Phi) is 31.6. The standard InChI is InChI=1S/C17H18F3N3.C17H21N3O.C16H18ClN3.C16H16F3N3.C16H19N3O.C15H16ClN3/c18-17(19,20)13-7-3-6-12(9-13)15-10-14(22-16(21)23-15)8-11-4-1-2-5-11;1-21-15-8-6-13(7-9-15)16-11-14(19-17(18)20-16)10-12-4-2-3-5-12;17-13-7-5-12(6-8-13)15-10-14(19-16(18)20-15)9-11-3-1-2-4-11;17-16(18,19)12-6-2-5-11(8-12)14-9-13(21-15(20)22-14)7-10-3-1-4-10;1-20-14-7-5-12(6-8-14)15-10-13(18-16(17)19-15)9-11-3-2-4-11;16-12-6-4-11(5-7-12)14-9-13(18-15(17)19-14)8-10-2-1-3-10/h3,6-7,9-11H,1-2,4-5,8H2,(H2,21,22,23);6-9,11-12H,2-5,10H2,1H3,(H2,18,19,20);5-8,10-11H,1-4,9H2,(H2,18,19,20);2,5-6,8-10H,1,3-4,7H2,(H2,20,21,22);5-8,10-11H,2-4,9H2,1H3,(H2,17,18,19);4-7,9-10H,1-3,8H2,(H2,17,18,19). The van der Waals surface area contributed by atoms with Gasteiger partial charge in [0.1, 0.15) is 11.5 Å². The van der Waals surface area contributed by atoms with Gasteiger partial charge in [-0.2, -0.15) is 26.3 Å². The van der Waals surface area contributed by atoms with Crippen LogP contribution in [0.2, 0.25) is 10.0 Å². The first-order valence-electron chi connectivity index (χ1n) is 43.2. The molecule has 6 aliphatic carbocycles. The van der Waals surface area contributed by atoms with E-state index in [0.717, 1.165) is 187 Å². The molecule has 6 saturated carbocycles. The van der Waals surface area contributed by atoms with Crippen molar-refractivity contribution in [3.05, 3.63) is 237 Å². The highest BCUT2D eigenvalue weighted by atomic mass is 35.5. The minimum absolute atomic E-state index is 0.101. The van der Waals surface area contributed by atoms with Crippen molar-refractivity contribution in [2.24, 2.45) is 35.5 Å². The molecule has 6 aliphatic rings. The molecule has 6 aromatic heterocycles. The molecule has 0 spiro atoms. The normalized spacial score (nSPS) is 15.4. The van der Waals surface area contributed by atoms with Crippen molar-refractivity contribution in [1.29, 1.82) is 0 Å². The topological polar surface area (TPSA) is 329 Å². The summed E-state index contributed by atoms with van der Waals surface area (Å²) in [4.78, 5) is 51.4. The quantitative estimate of drug-likeness (QED) is 0.0386. The molecule has 0 saturated heterocycles. The molecule has 20 nitrogen and oxygen atoms in total. The summed E-state index contributed by atoms with van der Waals surface area (Å²) in [6.45, 7) is 0. The summed E-state index contributed by atoms with van der Waals surface area (Å²) in [5.74, 6) is 7.53. The molecule has 6 fully saturated rings. The van der Waals surface area contributed by atoms with Crippen LogP contribution in [0.3, 0.4) is 0 Å². The number of anilines is 6. The van der Waals surface area contributed by atoms with Crippen molar-refractivity contribution in [2.45, 2.75) is 186 Å². The molecule has 654 valence electrons. The molecule has 12 aromatic rings. The fourth-order valence-corrected chi connectivity index (χ4v) is 16.9. The van der Waals surface area contributed by atoms with Crippen LogP contribution in [-0.2, 0) is 50.9 Å². The largest absolute Gasteiger partial charge is 0.497 e. The van der Waals surface area contributed by atoms with Crippen LogP contribution in [0.4, 0.5) is 62.0 Å². The predicted octanol–water partition coefficient (Wildman–Crippen LogP) is 22.9. The van der Waals surface area contributed by atoms with Gasteiger partial charge in [-0.05, 0) is 207 Å². The molecule has 0 bridgehead atoms. The molecule has 18 rings (SSSR count). The zero-order valence-electron chi connectivity index (χ0n) is 70.5. The number of alkyl halides is 6. The number of methoxy groups -OCH3 is 2. The van der Waals surface area contributed by atoms with Gasteiger partial charge >= 0.3 is 12.4 Å². The number of hydrogen-bond donors (Lipinski definition) is 6. The Morgan fingerprint density at radius 2 is 0.464 bits per heavy atom. The maximum absolute atomic E-state index is 12.9. The fourth-order valence-electron chi connectivity index (χ4n) is 16.6. The number of aromatic nitrogens is 12. The monoisotopic (exact) mass is 1740 g/mol. The molecule has 6 aromatic carbocycles. The Labute approximate surface area is 736 Å². The van der Waals surface area contributed by atoms with E-state index in [1.54, 1.807) is 38.5 Å². The lowest BCUT2D eigenvalue weighted by Crippen LogP contribution is -2.15. The lowest BCUT2D eigenvalue weighted by molar-refractivity contribution is -0.138. The second kappa shape index (κ2) is 43.3. The predicted molar refractivity (Wildman–Crippen MR) is 485 cm³/mol. The average Bonchev–Trinajstić information content (AvgIpc) is 1.40. The number of rotatable bonds is 20. The number of nitrogens with zero attached hydrogens (tertiary/aromatic N) is 12. The molecule has 28 heteroatoms. The molecule has 0 unspecified atom stereocenters. The fraction of sp³-hybridized carbons (Fsp3) is 0.381. The van der Waals surface area contributed by atoms with Crippen LogP contribution in [0.15, 0.2) is 182 Å². The van der Waals surface area contributed by atoms with Gasteiger partial charge in [-0.15, -0.1) is 0 Å². The summed E-state index contributed by atoms with van der Waals surface area (Å²) in [6, 6.07) is 53.0. The van der Waals surface area contributed by atoms with E-state index in [1.807, 2.05) is 103 Å². The summed E-state index contributed by atoms with van der Waals surface area (Å²) in [5, 5.41) is 1.45. The van der Waals surface area contributed by atoms with Crippen LogP contribution in [0.5, 0.6) is 11.5 Å². The van der Waals surface area contributed by atoms with Crippen molar-refractivity contribution in [3.8, 4) is 79.0 Å². The summed E-state index contributed by atoms with van der Waals surface area (Å²) >= 11 is 11.8. The first-order valence-corrected chi connectivity index (χ1v) is 44.0. The van der Waals surface area contributed by atoms with Gasteiger partial charge in [0.15, 0.2) is 0 Å². The number of ether oxygens (including phenoxy) is 2. The highest BCUT2D eigenvalue weighted by Crippen LogP contribution is 2.39. The van der Waals surface area contributed by atoms with Crippen molar-refractivity contribution in [1.82, 2.24) is 59.8 Å². The van der Waals surface area contributed by atoms with E-state index in [1.165, 1.54) is 147 Å². The second-order valence-electron chi connectivity index (χ2n) is 33.3. The van der Waals surface area contributed by atoms with Gasteiger partial charge in [-0.1, -0.05) is 207 Å². The van der Waals surface area contributed by atoms with Gasteiger partial charge in [-0.3, -0.25) is 0 Å². The number of nitrogens with two attached hydrogens (primary N) is 6. The third kappa shape index (κ3) is 27.4. The highest BCUT2D eigenvalue weighted by molar-refractivity contribution is 6.31. The van der Waals surface area contributed by atoms with E-state index in [9.17, 15) is 26.3 Å². The molecule has 0 radical (unpaired) electrons. The summed E-state index contributed by atoms with van der Waals surface area (Å²) in [7, 11) is 3.33. The lowest BCUT2D eigenvalue weighted by atomic mass is 9.82. The average molecular weight is 1740 g/mol. The molecule has 125 heavy (non-hydrogen) atoms. The number of benzene rings is 6. The zero-order valence-corrected chi connectivity index (χ0v) is 72.1. The molecule has 0 amide bonds.